The quantitative estimate of drug-likeness (QED) is 0.841. The van der Waals surface area contributed by atoms with Crippen LogP contribution >= 0.6 is 11.6 Å². The molecule has 2 aromatic carbocycles. The van der Waals surface area contributed by atoms with Gasteiger partial charge in [0, 0.05) is 11.2 Å². The minimum Gasteiger partial charge on any atom is -0.322 e. The first-order chi connectivity index (χ1) is 11.5. The largest absolute Gasteiger partial charge is 0.322 e. The van der Waals surface area contributed by atoms with Crippen LogP contribution in [0.1, 0.15) is 31.1 Å². The zero-order chi connectivity index (χ0) is 18.8. The molecule has 0 aliphatic carbocycles. The average molecular weight is 385 g/mol. The highest BCUT2D eigenvalue weighted by atomic mass is 35.5. The van der Waals surface area contributed by atoms with Gasteiger partial charge in [-0.15, -0.1) is 0 Å². The molecule has 0 heterocycles. The molecule has 0 saturated heterocycles. The van der Waals surface area contributed by atoms with Crippen LogP contribution in [-0.2, 0) is 10.0 Å². The van der Waals surface area contributed by atoms with E-state index in [1.165, 1.54) is 24.3 Å². The van der Waals surface area contributed by atoms with Crippen molar-refractivity contribution in [2.45, 2.75) is 31.2 Å². The molecule has 0 aliphatic heterocycles. The van der Waals surface area contributed by atoms with E-state index in [1.807, 2.05) is 0 Å². The highest BCUT2D eigenvalue weighted by Crippen LogP contribution is 2.21. The lowest BCUT2D eigenvalue weighted by Crippen LogP contribution is -2.40. The third kappa shape index (κ3) is 5.26. The molecule has 5 nitrogen and oxygen atoms in total. The molecule has 0 bridgehead atoms. The normalized spacial score (nSPS) is 12.0. The summed E-state index contributed by atoms with van der Waals surface area (Å²) in [6.07, 6.45) is 0. The average Bonchev–Trinajstić information content (AvgIpc) is 2.44. The van der Waals surface area contributed by atoms with Gasteiger partial charge in [-0.2, -0.15) is 0 Å². The summed E-state index contributed by atoms with van der Waals surface area (Å²) in [7, 11) is -3.73. The maximum Gasteiger partial charge on any atom is 0.257 e. The van der Waals surface area contributed by atoms with Crippen molar-refractivity contribution >= 4 is 33.2 Å². The molecule has 0 spiro atoms. The van der Waals surface area contributed by atoms with Gasteiger partial charge in [0.05, 0.1) is 15.5 Å². The van der Waals surface area contributed by atoms with Gasteiger partial charge < -0.3 is 5.32 Å². The van der Waals surface area contributed by atoms with Crippen LogP contribution in [-0.4, -0.2) is 19.9 Å². The Balaban J connectivity index is 2.26. The first-order valence-electron chi connectivity index (χ1n) is 7.38. The fourth-order valence-corrected chi connectivity index (χ4v) is 3.79. The van der Waals surface area contributed by atoms with Gasteiger partial charge in [0.2, 0.25) is 10.0 Å². The Labute approximate surface area is 151 Å². The Kier molecular flexibility index (Phi) is 5.51. The Morgan fingerprint density at radius 1 is 1.12 bits per heavy atom. The number of rotatable bonds is 4. The maximum atomic E-state index is 13.1. The van der Waals surface area contributed by atoms with E-state index in [0.29, 0.717) is 0 Å². The van der Waals surface area contributed by atoms with Crippen molar-refractivity contribution in [2.75, 3.05) is 5.32 Å². The van der Waals surface area contributed by atoms with Gasteiger partial charge in [0.25, 0.3) is 5.91 Å². The number of benzene rings is 2. The fourth-order valence-electron chi connectivity index (χ4n) is 2.08. The second-order valence-corrected chi connectivity index (χ2v) is 8.55. The lowest BCUT2D eigenvalue weighted by atomic mass is 10.1. The molecule has 1 amide bonds. The second-order valence-electron chi connectivity index (χ2n) is 6.46. The number of hydrogen-bond donors (Lipinski definition) is 2. The molecule has 0 aromatic heterocycles. The van der Waals surface area contributed by atoms with Crippen molar-refractivity contribution in [1.29, 1.82) is 0 Å². The predicted octanol–water partition coefficient (Wildman–Crippen LogP) is 3.81. The Hall–Kier alpha value is -1.96. The van der Waals surface area contributed by atoms with Crippen molar-refractivity contribution in [3.8, 4) is 0 Å². The minimum absolute atomic E-state index is 0.0189. The number of halogens is 2. The van der Waals surface area contributed by atoms with Crippen LogP contribution in [0.5, 0.6) is 0 Å². The third-order valence-electron chi connectivity index (χ3n) is 3.02. The van der Waals surface area contributed by atoms with E-state index in [4.69, 9.17) is 11.6 Å². The smallest absolute Gasteiger partial charge is 0.257 e. The number of nitrogens with one attached hydrogen (secondary N) is 2. The highest BCUT2D eigenvalue weighted by molar-refractivity contribution is 7.89. The van der Waals surface area contributed by atoms with Crippen molar-refractivity contribution in [3.63, 3.8) is 0 Å². The summed E-state index contributed by atoms with van der Waals surface area (Å²) in [4.78, 5) is 12.3. The molecule has 0 radical (unpaired) electrons. The van der Waals surface area contributed by atoms with Gasteiger partial charge in [-0.1, -0.05) is 17.7 Å². The molecule has 0 atom stereocenters. The van der Waals surface area contributed by atoms with E-state index in [-0.39, 0.29) is 21.2 Å². The molecule has 0 aliphatic rings. The van der Waals surface area contributed by atoms with E-state index in [2.05, 4.69) is 10.0 Å². The van der Waals surface area contributed by atoms with E-state index in [1.54, 1.807) is 26.8 Å². The van der Waals surface area contributed by atoms with Crippen LogP contribution in [0.15, 0.2) is 47.4 Å². The molecule has 2 aromatic rings. The summed E-state index contributed by atoms with van der Waals surface area (Å²) in [5, 5.41) is 2.52. The van der Waals surface area contributed by atoms with E-state index < -0.39 is 27.3 Å². The van der Waals surface area contributed by atoms with Crippen molar-refractivity contribution in [3.05, 3.63) is 58.9 Å². The Morgan fingerprint density at radius 3 is 2.40 bits per heavy atom. The molecule has 25 heavy (non-hydrogen) atoms. The maximum absolute atomic E-state index is 13.1. The predicted molar refractivity (Wildman–Crippen MR) is 95.9 cm³/mol. The number of carbonyl (C=O) groups excluding carboxylic acids is 1. The summed E-state index contributed by atoms with van der Waals surface area (Å²) in [6.45, 7) is 5.19. The third-order valence-corrected chi connectivity index (χ3v) is 5.09. The summed E-state index contributed by atoms with van der Waals surface area (Å²) in [5.74, 6) is -1.12. The number of carbonyl (C=O) groups is 1. The van der Waals surface area contributed by atoms with Crippen LogP contribution in [0.25, 0.3) is 0 Å². The molecule has 0 unspecified atom stereocenters. The van der Waals surface area contributed by atoms with E-state index >= 15 is 0 Å². The Bertz CT molecular complexity index is 908. The molecule has 0 fully saturated rings. The molecular formula is C17H18ClFN2O3S. The molecule has 8 heteroatoms. The lowest BCUT2D eigenvalue weighted by molar-refractivity contribution is 0.102. The number of anilines is 1. The minimum atomic E-state index is -3.73. The van der Waals surface area contributed by atoms with Crippen LogP contribution in [0.4, 0.5) is 10.1 Å². The summed E-state index contributed by atoms with van der Waals surface area (Å²) < 4.78 is 40.3. The summed E-state index contributed by atoms with van der Waals surface area (Å²) >= 11 is 5.86. The zero-order valence-corrected chi connectivity index (χ0v) is 15.5. The topological polar surface area (TPSA) is 75.3 Å². The summed E-state index contributed by atoms with van der Waals surface area (Å²) in [6, 6.07) is 9.23. The van der Waals surface area contributed by atoms with Gasteiger partial charge in [-0.3, -0.25) is 4.79 Å². The lowest BCUT2D eigenvalue weighted by Gasteiger charge is -2.20. The Morgan fingerprint density at radius 2 is 1.80 bits per heavy atom. The molecule has 2 rings (SSSR count). The van der Waals surface area contributed by atoms with Crippen molar-refractivity contribution in [2.24, 2.45) is 0 Å². The van der Waals surface area contributed by atoms with Crippen molar-refractivity contribution in [1.82, 2.24) is 4.72 Å². The second kappa shape index (κ2) is 7.11. The molecular weight excluding hydrogens is 367 g/mol. The number of amides is 1. The highest BCUT2D eigenvalue weighted by Gasteiger charge is 2.22. The van der Waals surface area contributed by atoms with E-state index in [0.717, 1.165) is 12.1 Å². The van der Waals surface area contributed by atoms with Gasteiger partial charge >= 0.3 is 0 Å². The SMILES string of the molecule is CC(C)(C)NS(=O)(=O)c1cccc(NC(=O)c2ccc(F)cc2Cl)c1. The zero-order valence-electron chi connectivity index (χ0n) is 13.9. The molecule has 134 valence electrons. The first-order valence-corrected chi connectivity index (χ1v) is 9.24. The van der Waals surface area contributed by atoms with Gasteiger partial charge in [-0.25, -0.2) is 17.5 Å². The molecule has 2 N–H and O–H groups in total. The van der Waals surface area contributed by atoms with Crippen LogP contribution in [0, 0.1) is 5.82 Å². The monoisotopic (exact) mass is 384 g/mol. The van der Waals surface area contributed by atoms with Gasteiger partial charge in [-0.05, 0) is 57.2 Å². The number of sulfonamides is 1. The van der Waals surface area contributed by atoms with E-state index in [9.17, 15) is 17.6 Å². The van der Waals surface area contributed by atoms with Crippen LogP contribution in [0.2, 0.25) is 5.02 Å². The first kappa shape index (κ1) is 19.4. The van der Waals surface area contributed by atoms with Gasteiger partial charge in [0.1, 0.15) is 5.82 Å². The van der Waals surface area contributed by atoms with Crippen molar-refractivity contribution < 1.29 is 17.6 Å². The fraction of sp³-hybridized carbons (Fsp3) is 0.235. The number of hydrogen-bond acceptors (Lipinski definition) is 3. The van der Waals surface area contributed by atoms with Crippen LogP contribution < -0.4 is 10.0 Å². The molecule has 0 saturated carbocycles. The van der Waals surface area contributed by atoms with Crippen LogP contribution in [0.3, 0.4) is 0 Å². The summed E-state index contributed by atoms with van der Waals surface area (Å²) in [5.41, 5.74) is -0.272. The van der Waals surface area contributed by atoms with Gasteiger partial charge in [0.15, 0.2) is 0 Å². The standard InChI is InChI=1S/C17H18ClFN2O3S/c1-17(2,3)21-25(23,24)13-6-4-5-12(10-13)20-16(22)14-8-7-11(19)9-15(14)18/h4-10,21H,1-3H3,(H,20,22).